The Morgan fingerprint density at radius 2 is 2.08 bits per heavy atom. The van der Waals surface area contributed by atoms with Crippen LogP contribution in [-0.2, 0) is 16.3 Å². The van der Waals surface area contributed by atoms with Crippen molar-refractivity contribution in [2.75, 3.05) is 55.7 Å². The second-order valence-electron chi connectivity index (χ2n) is 6.78. The summed E-state index contributed by atoms with van der Waals surface area (Å²) in [7, 11) is -2.84. The van der Waals surface area contributed by atoms with Gasteiger partial charge in [0.2, 0.25) is 5.13 Å². The van der Waals surface area contributed by atoms with Crippen LogP contribution in [0.1, 0.15) is 26.1 Å². The highest BCUT2D eigenvalue weighted by molar-refractivity contribution is 7.91. The first-order valence-corrected chi connectivity index (χ1v) is 11.9. The van der Waals surface area contributed by atoms with Crippen molar-refractivity contribution in [3.05, 3.63) is 5.82 Å². The minimum absolute atomic E-state index is 0.156. The van der Waals surface area contributed by atoms with Crippen LogP contribution in [0.25, 0.3) is 0 Å². The molecule has 1 atom stereocenters. The minimum Gasteiger partial charge on any atom is -0.357 e. The number of aromatic nitrogens is 2. The molecule has 1 N–H and O–H groups in total. The monoisotopic (exact) mass is 400 g/mol. The smallest absolute Gasteiger partial charge is 0.205 e. The summed E-state index contributed by atoms with van der Waals surface area (Å²) in [6, 6.07) is 0. The lowest BCUT2D eigenvalue weighted by Crippen LogP contribution is -2.52. The van der Waals surface area contributed by atoms with Gasteiger partial charge in [0.1, 0.15) is 5.82 Å². The van der Waals surface area contributed by atoms with Crippen molar-refractivity contribution >= 4 is 32.5 Å². The second-order valence-corrected chi connectivity index (χ2v) is 9.74. The molecule has 0 bridgehead atoms. The van der Waals surface area contributed by atoms with Gasteiger partial charge in [-0.15, -0.1) is 0 Å². The molecule has 0 amide bonds. The molecule has 10 heteroatoms. The molecule has 2 fully saturated rings. The first-order chi connectivity index (χ1) is 12.5. The van der Waals surface area contributed by atoms with Crippen molar-refractivity contribution in [3.8, 4) is 0 Å². The summed E-state index contributed by atoms with van der Waals surface area (Å²) in [6.45, 7) is 9.03. The van der Waals surface area contributed by atoms with Gasteiger partial charge in [-0.2, -0.15) is 4.37 Å². The molecule has 2 aliphatic rings. The number of hydrogen-bond donors (Lipinski definition) is 1. The number of sulfone groups is 1. The molecule has 3 heterocycles. The molecule has 0 spiro atoms. The molecule has 0 aliphatic carbocycles. The van der Waals surface area contributed by atoms with Gasteiger partial charge in [0.05, 0.1) is 11.5 Å². The third-order valence-electron chi connectivity index (χ3n) is 4.78. The zero-order valence-electron chi connectivity index (χ0n) is 15.5. The van der Waals surface area contributed by atoms with E-state index in [1.165, 1.54) is 11.5 Å². The molecule has 2 saturated heterocycles. The maximum atomic E-state index is 11.6. The molecule has 3 rings (SSSR count). The summed E-state index contributed by atoms with van der Waals surface area (Å²) in [5.74, 6) is 2.55. The number of rotatable bonds is 5. The molecule has 8 nitrogen and oxygen atoms in total. The van der Waals surface area contributed by atoms with Crippen molar-refractivity contribution in [1.82, 2.24) is 19.6 Å². The van der Waals surface area contributed by atoms with Crippen molar-refractivity contribution in [1.29, 1.82) is 0 Å². The molecule has 0 radical (unpaired) electrons. The minimum atomic E-state index is -2.84. The van der Waals surface area contributed by atoms with Gasteiger partial charge >= 0.3 is 0 Å². The molecule has 1 unspecified atom stereocenters. The maximum Gasteiger partial charge on any atom is 0.205 e. The third-order valence-corrected chi connectivity index (χ3v) is 7.44. The number of anilines is 1. The Balaban J connectivity index is 1.56. The van der Waals surface area contributed by atoms with Crippen molar-refractivity contribution in [3.63, 3.8) is 0 Å². The first kappa shape index (κ1) is 19.3. The van der Waals surface area contributed by atoms with Crippen LogP contribution in [0.5, 0.6) is 0 Å². The number of nitrogens with one attached hydrogen (secondary N) is 1. The summed E-state index contributed by atoms with van der Waals surface area (Å²) in [5, 5.41) is 4.35. The van der Waals surface area contributed by atoms with Crippen LogP contribution >= 0.6 is 11.5 Å². The predicted octanol–water partition coefficient (Wildman–Crippen LogP) is 0.623. The van der Waals surface area contributed by atoms with Gasteiger partial charge in [0.25, 0.3) is 0 Å². The van der Waals surface area contributed by atoms with Gasteiger partial charge in [-0.25, -0.2) is 13.4 Å². The Morgan fingerprint density at radius 1 is 1.31 bits per heavy atom. The molecule has 0 aromatic carbocycles. The Labute approximate surface area is 159 Å². The number of aryl methyl sites for hydroxylation is 1. The molecule has 146 valence electrons. The van der Waals surface area contributed by atoms with E-state index in [1.54, 1.807) is 0 Å². The lowest BCUT2D eigenvalue weighted by Gasteiger charge is -2.36. The lowest BCUT2D eigenvalue weighted by molar-refractivity contribution is 0.371. The number of piperazine rings is 1. The van der Waals surface area contributed by atoms with E-state index >= 15 is 0 Å². The SMILES string of the molecule is CCNC(=NCC1CCS(=O)(=O)C1)N1CCN(c2nc(CC)ns2)CC1. The molecular formula is C16H28N6O2S2. The quantitative estimate of drug-likeness (QED) is 0.572. The van der Waals surface area contributed by atoms with Crippen LogP contribution in [-0.4, -0.2) is 79.4 Å². The van der Waals surface area contributed by atoms with Crippen molar-refractivity contribution in [2.45, 2.75) is 26.7 Å². The van der Waals surface area contributed by atoms with Crippen LogP contribution in [0, 0.1) is 5.92 Å². The summed E-state index contributed by atoms with van der Waals surface area (Å²) in [6.07, 6.45) is 1.60. The maximum absolute atomic E-state index is 11.6. The summed E-state index contributed by atoms with van der Waals surface area (Å²) in [4.78, 5) is 13.8. The van der Waals surface area contributed by atoms with Gasteiger partial charge in [-0.1, -0.05) is 6.92 Å². The van der Waals surface area contributed by atoms with Crippen LogP contribution in [0.4, 0.5) is 5.13 Å². The largest absolute Gasteiger partial charge is 0.357 e. The standard InChI is InChI=1S/C16H28N6O2S2/c1-3-14-19-16(25-20-14)22-8-6-21(7-9-22)15(17-4-2)18-11-13-5-10-26(23,24)12-13/h13H,3-12H2,1-2H3,(H,17,18). The summed E-state index contributed by atoms with van der Waals surface area (Å²) < 4.78 is 27.6. The number of aliphatic imine (C=N–C) groups is 1. The van der Waals surface area contributed by atoms with Crippen molar-refractivity contribution < 1.29 is 8.42 Å². The molecule has 1 aromatic heterocycles. The topological polar surface area (TPSA) is 90.8 Å². The van der Waals surface area contributed by atoms with E-state index in [-0.39, 0.29) is 11.7 Å². The number of guanidine groups is 1. The highest BCUT2D eigenvalue weighted by Crippen LogP contribution is 2.20. The Bertz CT molecular complexity index is 725. The number of hydrogen-bond acceptors (Lipinski definition) is 7. The fourth-order valence-corrected chi connectivity index (χ4v) is 5.93. The van der Waals surface area contributed by atoms with Gasteiger partial charge in [0, 0.05) is 57.2 Å². The Hall–Kier alpha value is -1.42. The fourth-order valence-electron chi connectivity index (χ4n) is 3.28. The van der Waals surface area contributed by atoms with E-state index in [2.05, 4.69) is 38.3 Å². The normalized spacial score (nSPS) is 23.5. The van der Waals surface area contributed by atoms with Gasteiger partial charge in [-0.05, 0) is 19.3 Å². The number of nitrogens with zero attached hydrogens (tertiary/aromatic N) is 5. The van der Waals surface area contributed by atoms with Crippen LogP contribution in [0.3, 0.4) is 0 Å². The zero-order chi connectivity index (χ0) is 18.6. The van der Waals surface area contributed by atoms with Crippen LogP contribution in [0.15, 0.2) is 4.99 Å². The predicted molar refractivity (Wildman–Crippen MR) is 106 cm³/mol. The first-order valence-electron chi connectivity index (χ1n) is 9.32. The highest BCUT2D eigenvalue weighted by atomic mass is 32.2. The van der Waals surface area contributed by atoms with E-state index in [0.717, 1.165) is 62.5 Å². The second kappa shape index (κ2) is 8.51. The zero-order valence-corrected chi connectivity index (χ0v) is 17.2. The Morgan fingerprint density at radius 3 is 2.65 bits per heavy atom. The molecule has 1 aromatic rings. The third kappa shape index (κ3) is 4.85. The van der Waals surface area contributed by atoms with Crippen LogP contribution < -0.4 is 10.2 Å². The average Bonchev–Trinajstić information content (AvgIpc) is 3.25. The lowest BCUT2D eigenvalue weighted by atomic mass is 10.1. The fraction of sp³-hybridized carbons (Fsp3) is 0.812. The van der Waals surface area contributed by atoms with E-state index in [0.29, 0.717) is 12.3 Å². The molecule has 26 heavy (non-hydrogen) atoms. The summed E-state index contributed by atoms with van der Waals surface area (Å²) >= 11 is 1.47. The average molecular weight is 401 g/mol. The van der Waals surface area contributed by atoms with Gasteiger partial charge in [0.15, 0.2) is 15.8 Å². The van der Waals surface area contributed by atoms with E-state index in [4.69, 9.17) is 4.99 Å². The van der Waals surface area contributed by atoms with E-state index in [1.807, 2.05) is 0 Å². The molecule has 2 aliphatic heterocycles. The van der Waals surface area contributed by atoms with Gasteiger partial charge in [-0.3, -0.25) is 4.99 Å². The van der Waals surface area contributed by atoms with Crippen LogP contribution in [0.2, 0.25) is 0 Å². The van der Waals surface area contributed by atoms with Gasteiger partial charge < -0.3 is 15.1 Å². The Kier molecular flexibility index (Phi) is 6.33. The van der Waals surface area contributed by atoms with E-state index in [9.17, 15) is 8.42 Å². The van der Waals surface area contributed by atoms with Crippen molar-refractivity contribution in [2.24, 2.45) is 10.9 Å². The highest BCUT2D eigenvalue weighted by Gasteiger charge is 2.28. The summed E-state index contributed by atoms with van der Waals surface area (Å²) in [5.41, 5.74) is 0. The molecular weight excluding hydrogens is 372 g/mol. The van der Waals surface area contributed by atoms with E-state index < -0.39 is 9.84 Å². The molecule has 0 saturated carbocycles.